The van der Waals surface area contributed by atoms with Crippen molar-refractivity contribution in [2.45, 2.75) is 179 Å². The highest BCUT2D eigenvalue weighted by Gasteiger charge is 2.45. The number of para-hydroxylation sites is 1. The van der Waals surface area contributed by atoms with Crippen LogP contribution < -0.4 is 15.1 Å². The standard InChI is InChI=1S/C78H95N7O11S2/c1-10-44-82-67-36-34-60(97(89,90)91)51-64(67)77(6,7)69(82)38-31-55-20-16-21-56(32-39-70-78(8,9)65-52-61(98(92,93)94)35-37-68(65)83(70)45-11-2)73(55)57-29-26-54(27-30-57)28-40-71(87)79-43-18-46-85-75-62-23-13-12-19-58(62)53-84(66-25-15-14-24-63(66)74(75)80-81-85)72(88)41-33-59(86)22-17-47-95-49-50-96-48-42-76(3,4)5/h12-15,19,23-27,29-32,34-39,51-52H,10-11,16-18,20-22,28,33,40-50,53H2,1-9H3,(H2-,79,87,89,90,91,92,93,94)/p+1. The summed E-state index contributed by atoms with van der Waals surface area (Å²) >= 11 is 0. The highest BCUT2D eigenvalue weighted by molar-refractivity contribution is 7.86. The maximum atomic E-state index is 14.2. The number of carbonyl (C=O) groups excluding carboxylic acids is 3. The van der Waals surface area contributed by atoms with Crippen molar-refractivity contribution < 1.29 is 54.4 Å². The second-order valence-electron chi connectivity index (χ2n) is 28.3. The molecule has 0 atom stereocenters. The average molecular weight is 1370 g/mol. The number of rotatable bonds is 29. The number of ketones is 1. The quantitative estimate of drug-likeness (QED) is 0.0225. The SMILES string of the molecule is CCCN1C(=CC=C2CCCC(C=CC3=[N+](CCC)c4ccc(S(=O)(=O)O)cc4C3(C)C)=C2c2ccc(CCC(=O)NCCCn3nnc4c3-c3ccccc3CN(C(=O)CCC(=O)CCCOCCOCCC(C)(C)C)c3ccccc3-4)cc2)C(C)(C)c2cc(S(=O)(=O)O)ccc21. The molecule has 3 aliphatic heterocycles. The lowest BCUT2D eigenvalue weighted by Crippen LogP contribution is -2.32. The van der Waals surface area contributed by atoms with Crippen molar-refractivity contribution in [2.24, 2.45) is 5.41 Å². The number of nitrogens with zero attached hydrogens (tertiary/aromatic N) is 6. The highest BCUT2D eigenvalue weighted by atomic mass is 32.2. The van der Waals surface area contributed by atoms with E-state index in [1.807, 2.05) is 53.2 Å². The van der Waals surface area contributed by atoms with Crippen LogP contribution in [0.5, 0.6) is 0 Å². The number of carbonyl (C=O) groups is 3. The molecule has 520 valence electrons. The van der Waals surface area contributed by atoms with Crippen molar-refractivity contribution in [3.63, 3.8) is 0 Å². The Labute approximate surface area is 579 Å². The van der Waals surface area contributed by atoms with Gasteiger partial charge in [0, 0.05) is 111 Å². The minimum absolute atomic E-state index is 0.0204. The normalized spacial score (nSPS) is 16.7. The van der Waals surface area contributed by atoms with E-state index in [2.05, 4.69) is 131 Å². The van der Waals surface area contributed by atoms with Gasteiger partial charge in [-0.3, -0.25) is 23.5 Å². The summed E-state index contributed by atoms with van der Waals surface area (Å²) < 4.78 is 85.2. The largest absolute Gasteiger partial charge is 0.379 e. The lowest BCUT2D eigenvalue weighted by atomic mass is 9.79. The predicted molar refractivity (Wildman–Crippen MR) is 386 cm³/mol. The van der Waals surface area contributed by atoms with Gasteiger partial charge >= 0.3 is 0 Å². The molecule has 10 rings (SSSR count). The summed E-state index contributed by atoms with van der Waals surface area (Å²) in [5, 5.41) is 12.5. The van der Waals surface area contributed by atoms with Crippen LogP contribution >= 0.6 is 0 Å². The third kappa shape index (κ3) is 16.8. The molecule has 4 aliphatic rings. The van der Waals surface area contributed by atoms with Gasteiger partial charge in [-0.1, -0.05) is 133 Å². The zero-order valence-corrected chi connectivity index (χ0v) is 60.0. The van der Waals surface area contributed by atoms with E-state index >= 15 is 0 Å². The third-order valence-corrected chi connectivity index (χ3v) is 20.9. The van der Waals surface area contributed by atoms with Crippen molar-refractivity contribution >= 4 is 66.2 Å². The van der Waals surface area contributed by atoms with Crippen molar-refractivity contribution in [1.82, 2.24) is 20.3 Å². The number of Topliss-reactive ketones (excluding diaryl/α,β-unsaturated/α-hetero) is 1. The molecule has 4 heterocycles. The fourth-order valence-electron chi connectivity index (χ4n) is 14.0. The second kappa shape index (κ2) is 31.1. The van der Waals surface area contributed by atoms with Crippen LogP contribution in [0.1, 0.15) is 167 Å². The zero-order chi connectivity index (χ0) is 70.2. The summed E-state index contributed by atoms with van der Waals surface area (Å²) in [6, 6.07) is 33.8. The minimum atomic E-state index is -4.44. The average Bonchev–Trinajstić information content (AvgIpc) is 1.51. The van der Waals surface area contributed by atoms with E-state index in [0.29, 0.717) is 96.2 Å². The van der Waals surface area contributed by atoms with Gasteiger partial charge in [0.1, 0.15) is 18.0 Å². The Balaban J connectivity index is 0.821. The smallest absolute Gasteiger partial charge is 0.294 e. The van der Waals surface area contributed by atoms with E-state index in [0.717, 1.165) is 123 Å². The molecule has 2 amide bonds. The van der Waals surface area contributed by atoms with Gasteiger partial charge in [-0.25, -0.2) is 4.68 Å². The van der Waals surface area contributed by atoms with Crippen LogP contribution in [-0.2, 0) is 74.4 Å². The van der Waals surface area contributed by atoms with Gasteiger partial charge in [0.25, 0.3) is 20.2 Å². The van der Waals surface area contributed by atoms with Gasteiger partial charge < -0.3 is 24.6 Å². The second-order valence-corrected chi connectivity index (χ2v) is 31.2. The molecule has 0 radical (unpaired) electrons. The maximum Gasteiger partial charge on any atom is 0.294 e. The van der Waals surface area contributed by atoms with Gasteiger partial charge in [-0.15, -0.1) is 5.10 Å². The number of hydrogen-bond donors (Lipinski definition) is 3. The van der Waals surface area contributed by atoms with Gasteiger partial charge in [0.2, 0.25) is 17.5 Å². The molecule has 98 heavy (non-hydrogen) atoms. The maximum absolute atomic E-state index is 14.2. The number of ether oxygens (including phenoxy) is 2. The molecule has 20 heteroatoms. The Morgan fingerprint density at radius 2 is 1.40 bits per heavy atom. The fourth-order valence-corrected chi connectivity index (χ4v) is 15.0. The summed E-state index contributed by atoms with van der Waals surface area (Å²) in [5.41, 5.74) is 14.6. The van der Waals surface area contributed by atoms with Gasteiger partial charge in [-0.05, 0) is 152 Å². The topological polar surface area (TPSA) is 231 Å². The predicted octanol–water partition coefficient (Wildman–Crippen LogP) is 14.7. The molecular weight excluding hydrogens is 1280 g/mol. The lowest BCUT2D eigenvalue weighted by molar-refractivity contribution is -0.437. The van der Waals surface area contributed by atoms with Gasteiger partial charge in [0.05, 0.1) is 46.3 Å². The number of fused-ring (bicyclic) bond motifs is 7. The van der Waals surface area contributed by atoms with E-state index in [9.17, 15) is 40.3 Å². The van der Waals surface area contributed by atoms with Crippen molar-refractivity contribution in [3.8, 4) is 22.5 Å². The Morgan fingerprint density at radius 3 is 2.11 bits per heavy atom. The number of allylic oxidation sites excluding steroid dienone is 8. The minimum Gasteiger partial charge on any atom is -0.379 e. The number of anilines is 2. The zero-order valence-electron chi connectivity index (χ0n) is 58.3. The molecule has 5 aromatic carbocycles. The number of aromatic nitrogens is 3. The lowest BCUT2D eigenvalue weighted by Gasteiger charge is -2.28. The molecule has 0 saturated heterocycles. The van der Waals surface area contributed by atoms with Crippen molar-refractivity contribution in [1.29, 1.82) is 0 Å². The number of aryl methyl sites for hydroxylation is 2. The Hall–Kier alpha value is -7.98. The molecule has 0 spiro atoms. The summed E-state index contributed by atoms with van der Waals surface area (Å²) in [6.07, 6.45) is 16.4. The molecule has 0 saturated carbocycles. The molecule has 0 fully saturated rings. The monoisotopic (exact) mass is 1370 g/mol. The third-order valence-electron chi connectivity index (χ3n) is 19.2. The molecule has 0 bridgehead atoms. The van der Waals surface area contributed by atoms with Crippen LogP contribution in [-0.4, -0.2) is 115 Å². The van der Waals surface area contributed by atoms with Crippen molar-refractivity contribution in [2.75, 3.05) is 55.9 Å². The number of hydrogen-bond acceptors (Lipinski definition) is 12. The molecule has 3 N–H and O–H groups in total. The fraction of sp³-hybridized carbons (Fsp3) is 0.436. The molecular formula is C78H96N7O11S2+. The van der Waals surface area contributed by atoms with E-state index in [4.69, 9.17) is 14.6 Å². The number of nitrogens with one attached hydrogen (secondary N) is 1. The van der Waals surface area contributed by atoms with Crippen LogP contribution in [0.15, 0.2) is 160 Å². The van der Waals surface area contributed by atoms with Crippen LogP contribution in [0.4, 0.5) is 17.1 Å². The summed E-state index contributed by atoms with van der Waals surface area (Å²) in [5.74, 6) is -0.205. The first kappa shape index (κ1) is 72.8. The van der Waals surface area contributed by atoms with Crippen LogP contribution in [0.3, 0.4) is 0 Å². The van der Waals surface area contributed by atoms with E-state index in [1.54, 1.807) is 29.2 Å². The van der Waals surface area contributed by atoms with E-state index in [1.165, 1.54) is 12.1 Å². The highest BCUT2D eigenvalue weighted by Crippen LogP contribution is 2.50. The summed E-state index contributed by atoms with van der Waals surface area (Å²) in [4.78, 5) is 44.6. The molecule has 1 aromatic heterocycles. The Bertz CT molecular complexity index is 4360. The molecule has 0 unspecified atom stereocenters. The first-order chi connectivity index (χ1) is 46.7. The van der Waals surface area contributed by atoms with Crippen molar-refractivity contribution in [3.05, 3.63) is 178 Å². The molecule has 1 aliphatic carbocycles. The van der Waals surface area contributed by atoms with Gasteiger partial charge in [0.15, 0.2) is 5.71 Å². The summed E-state index contributed by atoms with van der Waals surface area (Å²) in [6.45, 7) is 23.8. The Kier molecular flexibility index (Phi) is 23.1. The first-order valence-electron chi connectivity index (χ1n) is 34.6. The summed E-state index contributed by atoms with van der Waals surface area (Å²) in [7, 11) is -8.87. The number of benzene rings is 5. The molecule has 6 aromatic rings. The van der Waals surface area contributed by atoms with E-state index in [-0.39, 0.29) is 52.1 Å². The van der Waals surface area contributed by atoms with Gasteiger partial charge in [-0.2, -0.15) is 21.4 Å². The van der Waals surface area contributed by atoms with Crippen LogP contribution in [0.25, 0.3) is 28.1 Å². The van der Waals surface area contributed by atoms with Crippen LogP contribution in [0.2, 0.25) is 0 Å². The Morgan fingerprint density at radius 1 is 0.704 bits per heavy atom. The van der Waals surface area contributed by atoms with Crippen LogP contribution in [0, 0.1) is 5.41 Å². The number of amides is 2. The molecule has 18 nitrogen and oxygen atoms in total. The first-order valence-corrected chi connectivity index (χ1v) is 37.5. The van der Waals surface area contributed by atoms with E-state index < -0.39 is 31.1 Å².